The molecule has 0 heterocycles. The molecule has 0 bridgehead atoms. The van der Waals surface area contributed by atoms with Crippen molar-refractivity contribution in [2.75, 3.05) is 5.75 Å². The van der Waals surface area contributed by atoms with Crippen LogP contribution in [-0.2, 0) is 9.84 Å². The average Bonchev–Trinajstić information content (AvgIpc) is 3.10. The molecule has 1 N–H and O–H groups in total. The highest BCUT2D eigenvalue weighted by Gasteiger charge is 2.54. The maximum absolute atomic E-state index is 13.5. The van der Waals surface area contributed by atoms with E-state index < -0.39 is 18.2 Å². The molecule has 0 spiro atoms. The third kappa shape index (κ3) is 6.51. The van der Waals surface area contributed by atoms with E-state index in [9.17, 15) is 13.2 Å². The number of hydrogen-bond donors (Lipinski definition) is 1. The van der Waals surface area contributed by atoms with Gasteiger partial charge in [-0.1, -0.05) is 57.4 Å². The molecule has 0 aromatic heterocycles. The molecule has 2 fully saturated rings. The molecule has 2 saturated carbocycles. The molecule has 3 rings (SSSR count). The fourth-order valence-corrected chi connectivity index (χ4v) is 9.87. The summed E-state index contributed by atoms with van der Waals surface area (Å²) in [5.41, 5.74) is 1.38. The molecule has 2 unspecified atom stereocenters. The van der Waals surface area contributed by atoms with Gasteiger partial charge in [-0.05, 0) is 111 Å². The largest absolute Gasteiger partial charge is 0.432 e. The van der Waals surface area contributed by atoms with Crippen molar-refractivity contribution in [2.24, 2.45) is 29.1 Å². The molecular weight excluding hydrogens is 468 g/mol. The Labute approximate surface area is 216 Å². The van der Waals surface area contributed by atoms with E-state index in [4.69, 9.17) is 0 Å². The van der Waals surface area contributed by atoms with Crippen LogP contribution in [0.25, 0.3) is 0 Å². The van der Waals surface area contributed by atoms with Crippen molar-refractivity contribution >= 4 is 18.2 Å². The van der Waals surface area contributed by atoms with Crippen LogP contribution in [0.5, 0.6) is 0 Å². The monoisotopic (exact) mass is 518 g/mol. The average molecular weight is 519 g/mol. The van der Waals surface area contributed by atoms with E-state index in [-0.39, 0.29) is 22.1 Å². The van der Waals surface area contributed by atoms with Gasteiger partial charge in [-0.25, -0.2) is 8.42 Å². The summed E-state index contributed by atoms with van der Waals surface area (Å²) >= 11 is 0. The van der Waals surface area contributed by atoms with Gasteiger partial charge in [0, 0.05) is 0 Å². The predicted octanol–water partition coefficient (Wildman–Crippen LogP) is 8.02. The molecular formula is C30H50O3SSi. The molecule has 1 aromatic carbocycles. The first kappa shape index (κ1) is 28.7. The molecule has 0 saturated heterocycles. The lowest BCUT2D eigenvalue weighted by Crippen LogP contribution is -2.45. The smallest absolute Gasteiger partial charge is 0.188 e. The Balaban J connectivity index is 1.86. The molecule has 0 amide bonds. The lowest BCUT2D eigenvalue weighted by Gasteiger charge is -2.50. The standard InChI is InChI=1S/C30H50O3SSi/c1-23(2)13-11-14-25(22-34(31,32)26-16-9-8-10-17-26)28-19-18-27-24(15-12-20-30(27,28)5)21-29(3,4)35(6,7)33/h8-10,16-17,24-25,27-28,33H,1,11-15,18-22H2,2-7H3/t24-,25+,27?,28?,30+/m1/s1. The Kier molecular flexibility index (Phi) is 8.87. The third-order valence-electron chi connectivity index (χ3n) is 10.1. The second-order valence-electron chi connectivity index (χ2n) is 13.3. The highest BCUT2D eigenvalue weighted by atomic mass is 32.2. The maximum atomic E-state index is 13.5. The molecule has 0 aliphatic heterocycles. The first-order valence-corrected chi connectivity index (χ1v) is 18.4. The Morgan fingerprint density at radius 2 is 1.86 bits per heavy atom. The van der Waals surface area contributed by atoms with Gasteiger partial charge < -0.3 is 4.80 Å². The molecule has 2 aliphatic rings. The summed E-state index contributed by atoms with van der Waals surface area (Å²) in [6.45, 7) is 17.3. The SMILES string of the molecule is C=C(C)CCC[C@@H](CS(=O)(=O)c1ccccc1)C1CCC2[C@@H](CC(C)(C)[Si](C)(C)O)CCC[C@@]21C. The van der Waals surface area contributed by atoms with Crippen LogP contribution in [0.3, 0.4) is 0 Å². The zero-order chi connectivity index (χ0) is 26.1. The normalized spacial score (nSPS) is 28.5. The van der Waals surface area contributed by atoms with Crippen LogP contribution in [0, 0.1) is 29.1 Å². The molecule has 0 radical (unpaired) electrons. The fourth-order valence-electron chi connectivity index (χ4n) is 7.38. The molecule has 3 nitrogen and oxygen atoms in total. The summed E-state index contributed by atoms with van der Waals surface area (Å²) in [6, 6.07) is 9.04. The number of benzene rings is 1. The predicted molar refractivity (Wildman–Crippen MR) is 151 cm³/mol. The summed E-state index contributed by atoms with van der Waals surface area (Å²) in [5.74, 6) is 2.16. The Hall–Kier alpha value is -0.913. The van der Waals surface area contributed by atoms with Crippen molar-refractivity contribution in [3.8, 4) is 0 Å². The van der Waals surface area contributed by atoms with Crippen LogP contribution >= 0.6 is 0 Å². The van der Waals surface area contributed by atoms with Gasteiger partial charge in [0.25, 0.3) is 0 Å². The van der Waals surface area contributed by atoms with Crippen molar-refractivity contribution in [3.05, 3.63) is 42.5 Å². The number of hydrogen-bond acceptors (Lipinski definition) is 3. The second kappa shape index (κ2) is 10.8. The fraction of sp³-hybridized carbons (Fsp3) is 0.733. The van der Waals surface area contributed by atoms with E-state index in [0.717, 1.165) is 32.1 Å². The lowest BCUT2D eigenvalue weighted by molar-refractivity contribution is 0.0220. The summed E-state index contributed by atoms with van der Waals surface area (Å²) < 4.78 is 27.0. The molecule has 2 aliphatic carbocycles. The molecule has 5 heteroatoms. The van der Waals surface area contributed by atoms with E-state index in [1.165, 1.54) is 31.3 Å². The zero-order valence-electron chi connectivity index (χ0n) is 23.1. The van der Waals surface area contributed by atoms with E-state index in [0.29, 0.717) is 22.6 Å². The minimum absolute atomic E-state index is 0.00839. The van der Waals surface area contributed by atoms with Gasteiger partial charge in [0.2, 0.25) is 0 Å². The van der Waals surface area contributed by atoms with Crippen molar-refractivity contribution < 1.29 is 13.2 Å². The Morgan fingerprint density at radius 3 is 2.46 bits per heavy atom. The van der Waals surface area contributed by atoms with Gasteiger partial charge in [-0.3, -0.25) is 0 Å². The molecule has 1 aromatic rings. The van der Waals surface area contributed by atoms with E-state index in [1.807, 2.05) is 18.2 Å². The van der Waals surface area contributed by atoms with Gasteiger partial charge in [0.1, 0.15) is 0 Å². The van der Waals surface area contributed by atoms with Crippen molar-refractivity contribution in [2.45, 2.75) is 109 Å². The van der Waals surface area contributed by atoms with Crippen LogP contribution in [0.2, 0.25) is 18.1 Å². The minimum atomic E-state index is -3.32. The highest BCUT2D eigenvalue weighted by molar-refractivity contribution is 7.91. The molecule has 35 heavy (non-hydrogen) atoms. The van der Waals surface area contributed by atoms with Crippen LogP contribution in [0.4, 0.5) is 0 Å². The molecule has 198 valence electrons. The number of sulfone groups is 1. The number of allylic oxidation sites excluding steroid dienone is 1. The second-order valence-corrected chi connectivity index (χ2v) is 19.8. The van der Waals surface area contributed by atoms with Gasteiger partial charge in [0.15, 0.2) is 18.2 Å². The summed E-state index contributed by atoms with van der Waals surface area (Å²) in [5, 5.41) is -0.00839. The van der Waals surface area contributed by atoms with E-state index in [2.05, 4.69) is 47.4 Å². The van der Waals surface area contributed by atoms with Crippen LogP contribution in [-0.4, -0.2) is 27.3 Å². The van der Waals surface area contributed by atoms with Crippen molar-refractivity contribution in [1.82, 2.24) is 0 Å². The van der Waals surface area contributed by atoms with Gasteiger partial charge in [-0.15, -0.1) is 6.58 Å². The van der Waals surface area contributed by atoms with E-state index >= 15 is 0 Å². The third-order valence-corrected chi connectivity index (χ3v) is 15.4. The van der Waals surface area contributed by atoms with Gasteiger partial charge in [0.05, 0.1) is 10.6 Å². The lowest BCUT2D eigenvalue weighted by atomic mass is 9.58. The van der Waals surface area contributed by atoms with E-state index in [1.54, 1.807) is 12.1 Å². The summed E-state index contributed by atoms with van der Waals surface area (Å²) in [4.78, 5) is 11.4. The number of rotatable bonds is 11. The highest BCUT2D eigenvalue weighted by Crippen LogP contribution is 2.62. The van der Waals surface area contributed by atoms with Gasteiger partial charge >= 0.3 is 0 Å². The Morgan fingerprint density at radius 1 is 1.20 bits per heavy atom. The van der Waals surface area contributed by atoms with Gasteiger partial charge in [-0.2, -0.15) is 0 Å². The maximum Gasteiger partial charge on any atom is 0.188 e. The van der Waals surface area contributed by atoms with Crippen LogP contribution in [0.15, 0.2) is 47.4 Å². The summed E-state index contributed by atoms with van der Waals surface area (Å²) in [7, 11) is -5.58. The minimum Gasteiger partial charge on any atom is -0.432 e. The topological polar surface area (TPSA) is 54.4 Å². The van der Waals surface area contributed by atoms with Crippen molar-refractivity contribution in [1.29, 1.82) is 0 Å². The first-order valence-electron chi connectivity index (χ1n) is 13.8. The molecule has 5 atom stereocenters. The summed E-state index contributed by atoms with van der Waals surface area (Å²) in [6.07, 6.45) is 10.1. The first-order chi connectivity index (χ1) is 16.2. The van der Waals surface area contributed by atoms with Crippen LogP contribution in [0.1, 0.15) is 85.5 Å². The Bertz CT molecular complexity index is 963. The number of fused-ring (bicyclic) bond motifs is 1. The van der Waals surface area contributed by atoms with Crippen LogP contribution < -0.4 is 0 Å². The zero-order valence-corrected chi connectivity index (χ0v) is 25.0. The quantitative estimate of drug-likeness (QED) is 0.238. The van der Waals surface area contributed by atoms with Crippen molar-refractivity contribution in [3.63, 3.8) is 0 Å².